The molecule has 36 heavy (non-hydrogen) atoms. The van der Waals surface area contributed by atoms with E-state index in [-0.39, 0.29) is 12.3 Å². The molecule has 14 nitrogen and oxygen atoms in total. The number of amides is 1. The molecule has 0 bridgehead atoms. The monoisotopic (exact) mass is 512 g/mol. The van der Waals surface area contributed by atoms with E-state index in [1.54, 1.807) is 0 Å². The van der Waals surface area contributed by atoms with Gasteiger partial charge in [0.05, 0.1) is 19.2 Å². The summed E-state index contributed by atoms with van der Waals surface area (Å²) in [5.74, 6) is -3.87. The average Bonchev–Trinajstić information content (AvgIpc) is 2.79. The lowest BCUT2D eigenvalue weighted by Gasteiger charge is -2.40. The number of azide groups is 1. The molecule has 0 saturated heterocycles. The van der Waals surface area contributed by atoms with Crippen molar-refractivity contribution < 1.29 is 47.7 Å². The zero-order valence-corrected chi connectivity index (χ0v) is 21.1. The van der Waals surface area contributed by atoms with Crippen LogP contribution in [0.15, 0.2) is 16.9 Å². The maximum atomic E-state index is 12.7. The van der Waals surface area contributed by atoms with E-state index < -0.39 is 72.5 Å². The maximum absolute atomic E-state index is 12.7. The van der Waals surface area contributed by atoms with Crippen LogP contribution in [0.25, 0.3) is 10.4 Å². The van der Waals surface area contributed by atoms with Crippen molar-refractivity contribution in [2.45, 2.75) is 77.9 Å². The predicted molar refractivity (Wildman–Crippen MR) is 122 cm³/mol. The zero-order chi connectivity index (χ0) is 27.4. The molecule has 2 unspecified atom stereocenters. The number of carbonyl (C=O) groups excluding carboxylic acids is 5. The number of carbonyl (C=O) groups is 5. The quantitative estimate of drug-likeness (QED) is 0.132. The molecule has 1 heterocycles. The van der Waals surface area contributed by atoms with Crippen molar-refractivity contribution in [1.82, 2.24) is 5.32 Å². The second-order valence-electron chi connectivity index (χ2n) is 8.35. The van der Waals surface area contributed by atoms with Gasteiger partial charge in [0.15, 0.2) is 18.3 Å². The van der Waals surface area contributed by atoms with E-state index in [2.05, 4.69) is 15.3 Å². The van der Waals surface area contributed by atoms with Crippen LogP contribution in [0.1, 0.15) is 47.5 Å². The molecule has 0 aromatic heterocycles. The highest BCUT2D eigenvalue weighted by atomic mass is 16.6. The van der Waals surface area contributed by atoms with Crippen molar-refractivity contribution in [3.63, 3.8) is 0 Å². The zero-order valence-electron chi connectivity index (χ0n) is 21.1. The highest BCUT2D eigenvalue weighted by Gasteiger charge is 2.48. The maximum Gasteiger partial charge on any atom is 0.372 e. The molecule has 1 rings (SSSR count). The van der Waals surface area contributed by atoms with E-state index in [0.717, 1.165) is 34.0 Å². The van der Waals surface area contributed by atoms with Gasteiger partial charge in [-0.25, -0.2) is 4.79 Å². The van der Waals surface area contributed by atoms with Crippen LogP contribution in [-0.2, 0) is 47.7 Å². The minimum Gasteiger partial charge on any atom is -0.477 e. The van der Waals surface area contributed by atoms with E-state index >= 15 is 0 Å². The van der Waals surface area contributed by atoms with Gasteiger partial charge in [-0.3, -0.25) is 19.2 Å². The Morgan fingerprint density at radius 2 is 1.75 bits per heavy atom. The van der Waals surface area contributed by atoms with E-state index in [1.807, 2.05) is 13.8 Å². The number of rotatable bonds is 12. The Balaban J connectivity index is 3.59. The Bertz CT molecular complexity index is 913. The molecule has 14 heteroatoms. The molecule has 1 N–H and O–H groups in total. The van der Waals surface area contributed by atoms with Crippen molar-refractivity contribution in [2.75, 3.05) is 13.7 Å². The minimum atomic E-state index is -1.51. The fraction of sp³-hybridized carbons (Fsp3) is 0.682. The average molecular weight is 513 g/mol. The van der Waals surface area contributed by atoms with Gasteiger partial charge in [-0.15, -0.1) is 0 Å². The van der Waals surface area contributed by atoms with Crippen molar-refractivity contribution >= 4 is 29.8 Å². The van der Waals surface area contributed by atoms with Gasteiger partial charge in [-0.1, -0.05) is 19.0 Å². The molecule has 0 radical (unpaired) electrons. The van der Waals surface area contributed by atoms with Crippen molar-refractivity contribution in [3.05, 3.63) is 22.3 Å². The van der Waals surface area contributed by atoms with Crippen molar-refractivity contribution in [1.29, 1.82) is 0 Å². The molecule has 200 valence electrons. The number of hydrogen-bond donors (Lipinski definition) is 1. The molecule has 1 aliphatic rings. The van der Waals surface area contributed by atoms with Crippen LogP contribution < -0.4 is 5.32 Å². The first kappa shape index (κ1) is 30.2. The second-order valence-corrected chi connectivity index (χ2v) is 8.35. The summed E-state index contributed by atoms with van der Waals surface area (Å²) in [6, 6.07) is -2.36. The van der Waals surface area contributed by atoms with Crippen molar-refractivity contribution in [3.8, 4) is 0 Å². The molecule has 0 aromatic rings. The highest BCUT2D eigenvalue weighted by Crippen LogP contribution is 2.28. The summed E-state index contributed by atoms with van der Waals surface area (Å²) >= 11 is 0. The Morgan fingerprint density at radius 1 is 1.11 bits per heavy atom. The summed E-state index contributed by atoms with van der Waals surface area (Å²) in [5, 5.41) is 6.35. The fourth-order valence-electron chi connectivity index (χ4n) is 3.37. The third kappa shape index (κ3) is 9.82. The third-order valence-electron chi connectivity index (χ3n) is 4.92. The number of hydrogen-bond acceptors (Lipinski definition) is 11. The van der Waals surface area contributed by atoms with E-state index in [0.29, 0.717) is 6.42 Å². The summed E-state index contributed by atoms with van der Waals surface area (Å²) in [4.78, 5) is 63.0. The van der Waals surface area contributed by atoms with Crippen LogP contribution in [0, 0.1) is 5.92 Å². The molecule has 0 spiro atoms. The standard InChI is InChI=1S/C22H32N4O10/c1-11(2)7-8-18(30)24-19-15(25-26-23)9-16(22(31)32-6)36-21(19)20(35-14(5)29)17(34-13(4)28)10-33-12(3)27/h9,11,15,17,19-21H,7-8,10H2,1-6H3,(H,24,30)/t15-,17?,19+,20?,21+/m0/s1. The Hall–Kier alpha value is -3.80. The molecular weight excluding hydrogens is 480 g/mol. The van der Waals surface area contributed by atoms with Gasteiger partial charge in [0.2, 0.25) is 11.7 Å². The molecule has 5 atom stereocenters. The first-order valence-electron chi connectivity index (χ1n) is 11.2. The molecule has 0 aromatic carbocycles. The van der Waals surface area contributed by atoms with Gasteiger partial charge in [-0.2, -0.15) is 0 Å². The smallest absolute Gasteiger partial charge is 0.372 e. The van der Waals surface area contributed by atoms with E-state index in [1.165, 1.54) is 0 Å². The highest BCUT2D eigenvalue weighted by molar-refractivity contribution is 5.86. The summed E-state index contributed by atoms with van der Waals surface area (Å²) in [6.45, 7) is 6.61. The van der Waals surface area contributed by atoms with Crippen LogP contribution in [0.3, 0.4) is 0 Å². The largest absolute Gasteiger partial charge is 0.477 e. The van der Waals surface area contributed by atoms with Gasteiger partial charge in [0.1, 0.15) is 6.61 Å². The van der Waals surface area contributed by atoms with Crippen LogP contribution >= 0.6 is 0 Å². The summed E-state index contributed by atoms with van der Waals surface area (Å²) in [6.07, 6.45) is -2.50. The van der Waals surface area contributed by atoms with Gasteiger partial charge in [0.25, 0.3) is 0 Å². The van der Waals surface area contributed by atoms with Gasteiger partial charge < -0.3 is 29.0 Å². The topological polar surface area (TPSA) is 192 Å². The molecule has 0 saturated carbocycles. The van der Waals surface area contributed by atoms with Crippen LogP contribution in [0.5, 0.6) is 0 Å². The Kier molecular flexibility index (Phi) is 12.2. The van der Waals surface area contributed by atoms with Crippen LogP contribution in [-0.4, -0.2) is 73.9 Å². The summed E-state index contributed by atoms with van der Waals surface area (Å²) < 4.78 is 26.1. The number of nitrogens with zero attached hydrogens (tertiary/aromatic N) is 3. The molecule has 1 amide bonds. The first-order chi connectivity index (χ1) is 16.9. The van der Waals surface area contributed by atoms with E-state index in [9.17, 15) is 24.0 Å². The van der Waals surface area contributed by atoms with Crippen LogP contribution in [0.2, 0.25) is 0 Å². The summed E-state index contributed by atoms with van der Waals surface area (Å²) in [7, 11) is 1.09. The number of ether oxygens (including phenoxy) is 5. The van der Waals surface area contributed by atoms with Gasteiger partial charge >= 0.3 is 23.9 Å². The van der Waals surface area contributed by atoms with Crippen LogP contribution in [0.4, 0.5) is 0 Å². The SMILES string of the molecule is COC(=O)C1=C[C@H](N=[N+]=[N-])[C@@H](NC(=O)CCC(C)C)[C@H](C(OC(C)=O)C(COC(C)=O)OC(C)=O)O1. The first-order valence-corrected chi connectivity index (χ1v) is 11.2. The van der Waals surface area contributed by atoms with Gasteiger partial charge in [0, 0.05) is 32.1 Å². The number of methoxy groups -OCH3 is 1. The fourth-order valence-corrected chi connectivity index (χ4v) is 3.37. The second kappa shape index (κ2) is 14.6. The van der Waals surface area contributed by atoms with Crippen molar-refractivity contribution in [2.24, 2.45) is 11.0 Å². The molecule has 1 aliphatic heterocycles. The lowest BCUT2D eigenvalue weighted by molar-refractivity contribution is -0.188. The molecule has 0 fully saturated rings. The Morgan fingerprint density at radius 3 is 2.25 bits per heavy atom. The number of nitrogens with one attached hydrogen (secondary N) is 1. The molecule has 0 aliphatic carbocycles. The summed E-state index contributed by atoms with van der Waals surface area (Å²) in [5.41, 5.74) is 9.12. The van der Waals surface area contributed by atoms with E-state index in [4.69, 9.17) is 29.2 Å². The lowest BCUT2D eigenvalue weighted by atomic mass is 9.91. The molecular formula is C22H32N4O10. The Labute approximate surface area is 208 Å². The number of esters is 4. The van der Waals surface area contributed by atoms with Gasteiger partial charge in [-0.05, 0) is 23.9 Å². The minimum absolute atomic E-state index is 0.122. The third-order valence-corrected chi connectivity index (χ3v) is 4.92. The normalized spacial score (nSPS) is 20.4. The predicted octanol–water partition coefficient (Wildman–Crippen LogP) is 1.47. The lowest BCUT2D eigenvalue weighted by Crippen LogP contribution is -2.61.